The number of hydrogen-bond donors (Lipinski definition) is 3. The van der Waals surface area contributed by atoms with Crippen LogP contribution in [0.1, 0.15) is 96.2 Å². The lowest BCUT2D eigenvalue weighted by Crippen LogP contribution is -2.46. The van der Waals surface area contributed by atoms with E-state index in [9.17, 15) is 19.8 Å². The third kappa shape index (κ3) is 7.29. The van der Waals surface area contributed by atoms with Gasteiger partial charge in [0.1, 0.15) is 16.9 Å². The van der Waals surface area contributed by atoms with Crippen LogP contribution in [-0.4, -0.2) is 39.2 Å². The van der Waals surface area contributed by atoms with Crippen LogP contribution in [0.2, 0.25) is 0 Å². The van der Waals surface area contributed by atoms with Crippen molar-refractivity contribution in [3.8, 4) is 0 Å². The lowest BCUT2D eigenvalue weighted by molar-refractivity contribution is -0.156. The Labute approximate surface area is 230 Å². The van der Waals surface area contributed by atoms with Crippen LogP contribution < -0.4 is 5.73 Å². The molecule has 8 heteroatoms. The van der Waals surface area contributed by atoms with E-state index in [-0.39, 0.29) is 18.1 Å². The number of esters is 1. The maximum atomic E-state index is 13.6. The van der Waals surface area contributed by atoms with Gasteiger partial charge in [-0.25, -0.2) is 4.98 Å². The van der Waals surface area contributed by atoms with Gasteiger partial charge >= 0.3 is 5.97 Å². The number of nitrogens with zero attached hydrogens (tertiary/aromatic N) is 1. The molecule has 1 aliphatic heterocycles. The lowest BCUT2D eigenvalue weighted by Gasteiger charge is -2.36. The molecule has 0 aliphatic carbocycles. The molecule has 38 heavy (non-hydrogen) atoms. The maximum Gasteiger partial charge on any atom is 0.309 e. The van der Waals surface area contributed by atoms with E-state index in [0.717, 1.165) is 46.5 Å². The number of aromatic nitrogens is 1. The fraction of sp³-hybridized carbons (Fsp3) is 0.633. The number of Topliss-reactive ketones (excluding diaryl/α,β-unsaturated/α-hetero) is 1. The molecule has 2 heterocycles. The number of carbonyl (C=O) groups is 2. The van der Waals surface area contributed by atoms with E-state index in [2.05, 4.69) is 18.0 Å². The van der Waals surface area contributed by atoms with Gasteiger partial charge < -0.3 is 20.7 Å². The van der Waals surface area contributed by atoms with Crippen LogP contribution in [0.25, 0.3) is 10.2 Å². The fourth-order valence-corrected chi connectivity index (χ4v) is 6.07. The number of ether oxygens (including phenoxy) is 1. The molecule has 0 saturated heterocycles. The van der Waals surface area contributed by atoms with Crippen LogP contribution in [0.4, 0.5) is 0 Å². The zero-order valence-corrected chi connectivity index (χ0v) is 24.2. The zero-order chi connectivity index (χ0) is 28.0. The number of thiazole rings is 1. The van der Waals surface area contributed by atoms with Crippen LogP contribution in [0, 0.1) is 17.3 Å². The van der Waals surface area contributed by atoms with Gasteiger partial charge in [-0.05, 0) is 56.2 Å². The van der Waals surface area contributed by atoms with Gasteiger partial charge in [0.25, 0.3) is 0 Å². The highest BCUT2D eigenvalue weighted by molar-refractivity contribution is 7.18. The summed E-state index contributed by atoms with van der Waals surface area (Å²) in [5, 5.41) is 23.0. The molecule has 0 spiro atoms. The number of allylic oxidation sites excluding steroid dienone is 1. The summed E-state index contributed by atoms with van der Waals surface area (Å²) in [5.74, 6) is -1.41. The molecule has 1 aromatic heterocycles. The van der Waals surface area contributed by atoms with E-state index in [1.165, 1.54) is 5.57 Å². The number of fused-ring (bicyclic) bond motifs is 1. The first-order valence-corrected chi connectivity index (χ1v) is 14.6. The van der Waals surface area contributed by atoms with Crippen LogP contribution in [0.5, 0.6) is 0 Å². The largest absolute Gasteiger partial charge is 0.457 e. The van der Waals surface area contributed by atoms with Gasteiger partial charge in [-0.1, -0.05) is 51.8 Å². The van der Waals surface area contributed by atoms with Crippen molar-refractivity contribution in [2.24, 2.45) is 23.0 Å². The van der Waals surface area contributed by atoms with E-state index < -0.39 is 35.6 Å². The summed E-state index contributed by atoms with van der Waals surface area (Å²) in [6.07, 6.45) is 3.55. The van der Waals surface area contributed by atoms with Gasteiger partial charge in [-0.2, -0.15) is 0 Å². The number of benzene rings is 1. The summed E-state index contributed by atoms with van der Waals surface area (Å²) < 4.78 is 6.95. The molecule has 0 bridgehead atoms. The van der Waals surface area contributed by atoms with Crippen LogP contribution in [0.15, 0.2) is 29.8 Å². The zero-order valence-electron chi connectivity index (χ0n) is 23.4. The first-order chi connectivity index (χ1) is 18.0. The normalized spacial score (nSPS) is 29.6. The van der Waals surface area contributed by atoms with Crippen LogP contribution in [-0.2, 0) is 20.9 Å². The smallest absolute Gasteiger partial charge is 0.309 e. The quantitative estimate of drug-likeness (QED) is 0.337. The third-order valence-electron chi connectivity index (χ3n) is 7.95. The minimum absolute atomic E-state index is 0.0508. The van der Waals surface area contributed by atoms with E-state index in [0.29, 0.717) is 19.4 Å². The molecule has 1 aromatic carbocycles. The second-order valence-corrected chi connectivity index (χ2v) is 12.5. The van der Waals surface area contributed by atoms with Crippen molar-refractivity contribution in [1.29, 1.82) is 0 Å². The average molecular weight is 545 g/mol. The molecule has 5 atom stereocenters. The van der Waals surface area contributed by atoms with Crippen molar-refractivity contribution >= 4 is 33.3 Å². The Morgan fingerprint density at radius 2 is 1.97 bits per heavy atom. The van der Waals surface area contributed by atoms with Gasteiger partial charge in [0.05, 0.1) is 34.3 Å². The predicted octanol–water partition coefficient (Wildman–Crippen LogP) is 5.62. The Hall–Kier alpha value is -2.13. The van der Waals surface area contributed by atoms with Gasteiger partial charge in [0, 0.05) is 18.9 Å². The lowest BCUT2D eigenvalue weighted by atomic mass is 9.71. The Morgan fingerprint density at radius 1 is 1.24 bits per heavy atom. The van der Waals surface area contributed by atoms with Gasteiger partial charge in [0.2, 0.25) is 0 Å². The summed E-state index contributed by atoms with van der Waals surface area (Å²) in [7, 11) is 0. The standard InChI is InChI=1S/C30H44N2O5S/c1-6-8-21-28(35)19(3)10-7-9-18(2)11-13-23(37-27(34)16-25(33)30(4,5)29(21)36)20-12-14-24-22(15-20)32-26(17-31)38-24/h11-12,14-15,19,21,23,25,28,33,35H,6-10,13,16-17,31H2,1-5H3/b18-11-/t19-,21+,23-,25-,28-/m0/s1. The summed E-state index contributed by atoms with van der Waals surface area (Å²) >= 11 is 1.55. The number of aliphatic hydroxyl groups is 2. The van der Waals surface area contributed by atoms with Crippen molar-refractivity contribution in [2.75, 3.05) is 0 Å². The molecule has 2 aromatic rings. The second-order valence-electron chi connectivity index (χ2n) is 11.4. The SMILES string of the molecule is CCC[C@H]1C(=O)C(C)(C)[C@@H](O)CC(=O)O[C@H](c2ccc3sc(CN)nc3c2)C/C=C(/C)CCC[C@H](C)[C@@H]1O. The summed E-state index contributed by atoms with van der Waals surface area (Å²) in [6, 6.07) is 5.86. The van der Waals surface area contributed by atoms with E-state index in [1.54, 1.807) is 25.2 Å². The highest BCUT2D eigenvalue weighted by Crippen LogP contribution is 2.35. The number of cyclic esters (lactones) is 1. The number of ketones is 1. The molecule has 3 rings (SSSR count). The Bertz CT molecular complexity index is 1140. The number of hydrogen-bond acceptors (Lipinski definition) is 8. The first-order valence-electron chi connectivity index (χ1n) is 13.8. The number of nitrogens with two attached hydrogens (primary N) is 1. The Balaban J connectivity index is 1.93. The van der Waals surface area contributed by atoms with Gasteiger partial charge in [-0.3, -0.25) is 9.59 Å². The fourth-order valence-electron chi connectivity index (χ4n) is 5.24. The Kier molecular flexibility index (Phi) is 10.6. The second kappa shape index (κ2) is 13.3. The molecule has 0 amide bonds. The predicted molar refractivity (Wildman–Crippen MR) is 152 cm³/mol. The van der Waals surface area contributed by atoms with Crippen molar-refractivity contribution in [2.45, 2.75) is 104 Å². The average Bonchev–Trinajstić information content (AvgIpc) is 3.30. The van der Waals surface area contributed by atoms with Crippen molar-refractivity contribution in [1.82, 2.24) is 4.98 Å². The topological polar surface area (TPSA) is 123 Å². The van der Waals surface area contributed by atoms with Crippen molar-refractivity contribution < 1.29 is 24.5 Å². The minimum Gasteiger partial charge on any atom is -0.457 e. The number of carbonyl (C=O) groups excluding carboxylic acids is 2. The van der Waals surface area contributed by atoms with E-state index in [4.69, 9.17) is 10.5 Å². The molecule has 0 saturated carbocycles. The number of aliphatic hydroxyl groups excluding tert-OH is 2. The van der Waals surface area contributed by atoms with E-state index >= 15 is 0 Å². The molecule has 0 unspecified atom stereocenters. The summed E-state index contributed by atoms with van der Waals surface area (Å²) in [6.45, 7) is 9.73. The molecular weight excluding hydrogens is 500 g/mol. The molecular formula is C30H44N2O5S. The van der Waals surface area contributed by atoms with Gasteiger partial charge in [0.15, 0.2) is 0 Å². The Morgan fingerprint density at radius 3 is 2.66 bits per heavy atom. The first kappa shape index (κ1) is 30.4. The molecule has 1 aliphatic rings. The van der Waals surface area contributed by atoms with Crippen molar-refractivity contribution in [3.63, 3.8) is 0 Å². The molecule has 210 valence electrons. The highest BCUT2D eigenvalue weighted by atomic mass is 32.1. The summed E-state index contributed by atoms with van der Waals surface area (Å²) in [4.78, 5) is 31.3. The minimum atomic E-state index is -1.23. The van der Waals surface area contributed by atoms with Crippen LogP contribution >= 0.6 is 11.3 Å². The van der Waals surface area contributed by atoms with Gasteiger partial charge in [-0.15, -0.1) is 11.3 Å². The molecule has 0 fully saturated rings. The number of rotatable bonds is 4. The maximum absolute atomic E-state index is 13.6. The molecule has 7 nitrogen and oxygen atoms in total. The highest BCUT2D eigenvalue weighted by Gasteiger charge is 2.43. The monoisotopic (exact) mass is 544 g/mol. The van der Waals surface area contributed by atoms with E-state index in [1.807, 2.05) is 32.0 Å². The third-order valence-corrected chi connectivity index (χ3v) is 9.01. The van der Waals surface area contributed by atoms with Crippen LogP contribution in [0.3, 0.4) is 0 Å². The molecule has 0 radical (unpaired) electrons. The van der Waals surface area contributed by atoms with Crippen molar-refractivity contribution in [3.05, 3.63) is 40.4 Å². The molecule has 4 N–H and O–H groups in total. The summed E-state index contributed by atoms with van der Waals surface area (Å²) in [5.41, 5.74) is 7.39.